The molecule has 6 aliphatic rings. The minimum atomic E-state index is -4.54. The number of piperazine rings is 1. The summed E-state index contributed by atoms with van der Waals surface area (Å²) in [6, 6.07) is 12.4. The standard InChI is InChI=1S/C47H59N7O7S/c1-30-20-40(35-21-34(30)22-35)41-26-47(2,3)12-8-33(41)29-52-14-16-53(17-15-52)36-4-6-39(44(24-36)61-37-23-32-9-13-48-45(32)50-28-37)46(55)51-62(58,59)38-5-7-42(43(25-38)54(56)57)49-27-31-10-18-60-19-11-31/h4-7,9,13,23-25,28,30-31,34-35,40,49H,8,10-12,14-22,26-27,29H2,1-3H3,(H,48,50)(H,51,55)/t30?,34?,35?,40-/m1/s1. The highest BCUT2D eigenvalue weighted by atomic mass is 32.2. The Morgan fingerprint density at radius 3 is 2.58 bits per heavy atom. The predicted octanol–water partition coefficient (Wildman–Crippen LogP) is 8.53. The van der Waals surface area contributed by atoms with Gasteiger partial charge in [0.25, 0.3) is 21.6 Å². The second-order valence-electron chi connectivity index (χ2n) is 19.2. The number of allylic oxidation sites excluding steroid dienone is 1. The zero-order chi connectivity index (χ0) is 43.2. The van der Waals surface area contributed by atoms with Crippen molar-refractivity contribution in [3.8, 4) is 11.5 Å². The Bertz CT molecular complexity index is 2460. The van der Waals surface area contributed by atoms with E-state index in [9.17, 15) is 23.3 Å². The second kappa shape index (κ2) is 17.3. The molecule has 4 aliphatic carbocycles. The lowest BCUT2D eigenvalue weighted by Crippen LogP contribution is -2.48. The lowest BCUT2D eigenvalue weighted by molar-refractivity contribution is -0.384. The monoisotopic (exact) mass is 865 g/mol. The summed E-state index contributed by atoms with van der Waals surface area (Å²) >= 11 is 0. The summed E-state index contributed by atoms with van der Waals surface area (Å²) < 4.78 is 41.3. The first-order chi connectivity index (χ1) is 29.8. The number of anilines is 2. The number of nitrogens with one attached hydrogen (secondary N) is 3. The lowest BCUT2D eigenvalue weighted by atomic mass is 9.52. The van der Waals surface area contributed by atoms with Crippen molar-refractivity contribution in [1.82, 2.24) is 19.6 Å². The summed E-state index contributed by atoms with van der Waals surface area (Å²) in [7, 11) is -4.54. The first kappa shape index (κ1) is 42.3. The van der Waals surface area contributed by atoms with E-state index in [-0.39, 0.29) is 22.9 Å². The van der Waals surface area contributed by atoms with Crippen molar-refractivity contribution in [1.29, 1.82) is 0 Å². The maximum absolute atomic E-state index is 13.9. The van der Waals surface area contributed by atoms with Crippen LogP contribution in [0.3, 0.4) is 0 Å². The van der Waals surface area contributed by atoms with E-state index in [0.717, 1.165) is 86.4 Å². The van der Waals surface area contributed by atoms with E-state index in [4.69, 9.17) is 9.47 Å². The summed E-state index contributed by atoms with van der Waals surface area (Å²) in [5.74, 6) is 3.27. The van der Waals surface area contributed by atoms with E-state index in [0.29, 0.717) is 36.6 Å². The fourth-order valence-corrected chi connectivity index (χ4v) is 11.6. The maximum Gasteiger partial charge on any atom is 0.293 e. The number of amides is 1. The van der Waals surface area contributed by atoms with Gasteiger partial charge in [0.2, 0.25) is 0 Å². The van der Waals surface area contributed by atoms with Crippen molar-refractivity contribution in [3.05, 3.63) is 87.7 Å². The summed E-state index contributed by atoms with van der Waals surface area (Å²) in [6.07, 6.45) is 12.8. The van der Waals surface area contributed by atoms with E-state index < -0.39 is 31.4 Å². The highest BCUT2D eigenvalue weighted by Crippen LogP contribution is 2.57. The van der Waals surface area contributed by atoms with Crippen LogP contribution >= 0.6 is 0 Å². The molecule has 15 heteroatoms. The number of benzene rings is 2. The Morgan fingerprint density at radius 2 is 1.82 bits per heavy atom. The number of pyridine rings is 1. The maximum atomic E-state index is 13.9. The van der Waals surface area contributed by atoms with Gasteiger partial charge in [-0.25, -0.2) is 18.1 Å². The number of nitro groups is 1. The van der Waals surface area contributed by atoms with Crippen LogP contribution < -0.4 is 19.7 Å². The van der Waals surface area contributed by atoms with Crippen LogP contribution in [0.5, 0.6) is 11.5 Å². The van der Waals surface area contributed by atoms with Crippen LogP contribution in [-0.4, -0.2) is 86.6 Å². The molecule has 14 nitrogen and oxygen atoms in total. The van der Waals surface area contributed by atoms with Crippen molar-refractivity contribution in [2.45, 2.75) is 77.0 Å². The molecule has 2 aromatic carbocycles. The van der Waals surface area contributed by atoms with Crippen molar-refractivity contribution in [2.24, 2.45) is 35.0 Å². The van der Waals surface area contributed by atoms with Gasteiger partial charge in [-0.05, 0) is 123 Å². The predicted molar refractivity (Wildman–Crippen MR) is 239 cm³/mol. The molecule has 3 saturated carbocycles. The summed E-state index contributed by atoms with van der Waals surface area (Å²) in [5, 5.41) is 16.0. The highest BCUT2D eigenvalue weighted by Gasteiger charge is 2.47. The molecule has 0 spiro atoms. The van der Waals surface area contributed by atoms with Crippen LogP contribution in [0, 0.1) is 45.1 Å². The number of nitrogens with zero attached hydrogens (tertiary/aromatic N) is 4. The van der Waals surface area contributed by atoms with E-state index in [1.807, 2.05) is 12.1 Å². The fourth-order valence-electron chi connectivity index (χ4n) is 10.6. The molecule has 1 amide bonds. The number of hydrogen-bond acceptors (Lipinski definition) is 11. The largest absolute Gasteiger partial charge is 0.455 e. The third kappa shape index (κ3) is 9.07. The van der Waals surface area contributed by atoms with Crippen LogP contribution in [0.1, 0.15) is 82.5 Å². The minimum absolute atomic E-state index is 0.0103. The van der Waals surface area contributed by atoms with Gasteiger partial charge in [0.1, 0.15) is 22.8 Å². The number of aromatic nitrogens is 2. The highest BCUT2D eigenvalue weighted by molar-refractivity contribution is 7.90. The van der Waals surface area contributed by atoms with Crippen molar-refractivity contribution in [2.75, 3.05) is 62.7 Å². The summed E-state index contributed by atoms with van der Waals surface area (Å²) in [5.41, 5.74) is 5.14. The molecule has 5 fully saturated rings. The quantitative estimate of drug-likeness (QED) is 0.0668. The third-order valence-corrected chi connectivity index (χ3v) is 15.8. The molecule has 1 unspecified atom stereocenters. The molecule has 2 saturated heterocycles. The van der Waals surface area contributed by atoms with Gasteiger partial charge in [-0.3, -0.25) is 19.8 Å². The zero-order valence-corrected chi connectivity index (χ0v) is 36.8. The summed E-state index contributed by atoms with van der Waals surface area (Å²) in [6.45, 7) is 13.5. The van der Waals surface area contributed by atoms with E-state index in [1.54, 1.807) is 41.7 Å². The molecule has 4 heterocycles. The van der Waals surface area contributed by atoms with Gasteiger partial charge < -0.3 is 24.7 Å². The molecular weight excluding hydrogens is 807 g/mol. The van der Waals surface area contributed by atoms with Crippen molar-refractivity contribution >= 4 is 44.0 Å². The van der Waals surface area contributed by atoms with E-state index >= 15 is 0 Å². The average Bonchev–Trinajstić information content (AvgIpc) is 3.71. The number of aromatic amines is 1. The number of ether oxygens (including phenoxy) is 2. The molecule has 3 N–H and O–H groups in total. The molecule has 2 aromatic heterocycles. The van der Waals surface area contributed by atoms with Crippen molar-refractivity contribution in [3.63, 3.8) is 0 Å². The Hall–Kier alpha value is -4.99. The Morgan fingerprint density at radius 1 is 1.03 bits per heavy atom. The van der Waals surface area contributed by atoms with Gasteiger partial charge in [0.05, 0.1) is 21.6 Å². The van der Waals surface area contributed by atoms with Crippen molar-refractivity contribution < 1.29 is 27.6 Å². The second-order valence-corrected chi connectivity index (χ2v) is 20.9. The van der Waals surface area contributed by atoms with E-state index in [1.165, 1.54) is 50.7 Å². The number of fused-ring (bicyclic) bond motifs is 3. The molecule has 2 bridgehead atoms. The Kier molecular flexibility index (Phi) is 11.8. The number of sulfonamides is 1. The number of H-pyrrole nitrogens is 1. The van der Waals surface area contributed by atoms with Gasteiger partial charge in [-0.2, -0.15) is 0 Å². The molecule has 62 heavy (non-hydrogen) atoms. The first-order valence-corrected chi connectivity index (χ1v) is 23.9. The van der Waals surface area contributed by atoms with Crippen LogP contribution in [0.4, 0.5) is 17.1 Å². The topological polar surface area (TPSA) is 172 Å². The van der Waals surface area contributed by atoms with Gasteiger partial charge in [-0.1, -0.05) is 31.9 Å². The number of rotatable bonds is 13. The Labute approximate surface area is 364 Å². The molecule has 4 aromatic rings. The zero-order valence-electron chi connectivity index (χ0n) is 36.0. The molecule has 330 valence electrons. The smallest absolute Gasteiger partial charge is 0.293 e. The third-order valence-electron chi connectivity index (χ3n) is 14.5. The Balaban J connectivity index is 0.921. The fraction of sp³-hybridized carbons (Fsp3) is 0.532. The number of carbonyl (C=O) groups is 1. The minimum Gasteiger partial charge on any atom is -0.455 e. The summed E-state index contributed by atoms with van der Waals surface area (Å²) in [4.78, 5) is 37.4. The normalized spacial score (nSPS) is 24.4. The van der Waals surface area contributed by atoms with Crippen LogP contribution in [0.25, 0.3) is 11.0 Å². The average molecular weight is 866 g/mol. The molecule has 2 atom stereocenters. The van der Waals surface area contributed by atoms with Gasteiger partial charge >= 0.3 is 0 Å². The molecule has 10 rings (SSSR count). The number of hydrogen-bond donors (Lipinski definition) is 3. The van der Waals surface area contributed by atoms with E-state index in [2.05, 4.69) is 50.6 Å². The van der Waals surface area contributed by atoms with Gasteiger partial charge in [-0.15, -0.1) is 0 Å². The SMILES string of the molecule is CC1C[C@@H](C2=C(CN3CCN(c4ccc(C(=O)NS(=O)(=O)c5ccc(NCC6CCOCC6)c([N+](=O)[O-])c5)c(Oc5cnc6[nH]ccc6c5)c4)CC3)CCC(C)(C)C2)C2CC1C2. The molecule has 0 radical (unpaired) electrons. The first-order valence-electron chi connectivity index (χ1n) is 22.4. The lowest BCUT2D eigenvalue weighted by Gasteiger charge is -2.53. The number of carbonyl (C=O) groups excluding carboxylic acids is 1. The van der Waals surface area contributed by atoms with Gasteiger partial charge in [0, 0.05) is 81.9 Å². The van der Waals surface area contributed by atoms with Gasteiger partial charge in [0.15, 0.2) is 0 Å². The van der Waals surface area contributed by atoms with Crippen LogP contribution in [0.2, 0.25) is 0 Å². The van der Waals surface area contributed by atoms with Crippen LogP contribution in [0.15, 0.2) is 77.0 Å². The number of nitro benzene ring substituents is 1. The molecular formula is C47H59N7O7S. The molecule has 2 aliphatic heterocycles. The van der Waals surface area contributed by atoms with Crippen LogP contribution in [-0.2, 0) is 14.8 Å².